The van der Waals surface area contributed by atoms with Crippen LogP contribution in [0.4, 0.5) is 26.3 Å². The number of ether oxygens (including phenoxy) is 1. The second-order valence-corrected chi connectivity index (χ2v) is 12.9. The van der Waals surface area contributed by atoms with Crippen molar-refractivity contribution in [3.8, 4) is 16.9 Å². The number of nitrogens with one attached hydrogen (secondary N) is 1. The molecule has 2 heterocycles. The smallest absolute Gasteiger partial charge is 0.403 e. The highest BCUT2D eigenvalue weighted by atomic mass is 19.4. The normalized spacial score (nSPS) is 19.6. The van der Waals surface area contributed by atoms with Crippen LogP contribution in [0.1, 0.15) is 36.8 Å². The molecule has 2 fully saturated rings. The lowest BCUT2D eigenvalue weighted by Gasteiger charge is -2.41. The highest BCUT2D eigenvalue weighted by molar-refractivity contribution is 6.00. The molecule has 0 aliphatic carbocycles. The number of carboxylic acid groups (broad SMARTS) is 1. The van der Waals surface area contributed by atoms with Crippen LogP contribution in [0.2, 0.25) is 0 Å². The molecule has 0 aromatic heterocycles. The van der Waals surface area contributed by atoms with Crippen molar-refractivity contribution in [2.75, 3.05) is 46.4 Å². The number of nitrogens with zero attached hydrogens (tertiary/aromatic N) is 2. The standard InChI is InChI=1S/C36H41F6N3O4/c1-49-30-12-3-6-23(13-17-44-16-5-8-25(37)21-44)32(30)28-11-4-9-26-24(7-2-10-27(26)28)20-29(33(46)47)43-34(48)35(36(40,41)42)14-18-45(19-15-35)22-31(38)39/h2-4,6-7,9-12,25,29,31H,5,8,13-22H2,1H3,(H,43,48)(H,46,47)/t25-,29-/m0/s1. The number of carboxylic acids is 1. The minimum atomic E-state index is -5.01. The average molecular weight is 694 g/mol. The number of halogens is 6. The average Bonchev–Trinajstić information content (AvgIpc) is 3.06. The Bertz CT molecular complexity index is 1630. The van der Waals surface area contributed by atoms with Crippen molar-refractivity contribution in [3.63, 3.8) is 0 Å². The van der Waals surface area contributed by atoms with Gasteiger partial charge in [-0.2, -0.15) is 13.2 Å². The maximum atomic E-state index is 14.4. The number of aliphatic carboxylic acids is 1. The zero-order valence-corrected chi connectivity index (χ0v) is 27.2. The number of likely N-dealkylation sites (tertiary alicyclic amines) is 2. The number of fused-ring (bicyclic) bond motifs is 1. The number of carbonyl (C=O) groups is 2. The largest absolute Gasteiger partial charge is 0.496 e. The number of hydrogen-bond acceptors (Lipinski definition) is 5. The summed E-state index contributed by atoms with van der Waals surface area (Å²) in [4.78, 5) is 29.0. The minimum absolute atomic E-state index is 0.300. The monoisotopic (exact) mass is 693 g/mol. The molecular formula is C36H41F6N3O4. The molecule has 3 aromatic carbocycles. The molecule has 13 heteroatoms. The van der Waals surface area contributed by atoms with Gasteiger partial charge in [-0.05, 0) is 85.3 Å². The highest BCUT2D eigenvalue weighted by Crippen LogP contribution is 2.47. The number of benzene rings is 3. The number of alkyl halides is 6. The van der Waals surface area contributed by atoms with Crippen molar-refractivity contribution in [3.05, 3.63) is 65.7 Å². The van der Waals surface area contributed by atoms with E-state index in [0.717, 1.165) is 35.0 Å². The third-order valence-corrected chi connectivity index (χ3v) is 9.87. The van der Waals surface area contributed by atoms with E-state index in [1.54, 1.807) is 31.4 Å². The van der Waals surface area contributed by atoms with Gasteiger partial charge in [0.05, 0.1) is 13.7 Å². The van der Waals surface area contributed by atoms with Crippen LogP contribution >= 0.6 is 0 Å². The van der Waals surface area contributed by atoms with Gasteiger partial charge in [0.1, 0.15) is 23.4 Å². The fourth-order valence-corrected chi connectivity index (χ4v) is 7.18. The molecule has 2 N–H and O–H groups in total. The summed E-state index contributed by atoms with van der Waals surface area (Å²) >= 11 is 0. The fraction of sp³-hybridized carbons (Fsp3) is 0.500. The van der Waals surface area contributed by atoms with Crippen molar-refractivity contribution >= 4 is 22.6 Å². The van der Waals surface area contributed by atoms with Crippen molar-refractivity contribution < 1.29 is 45.8 Å². The molecule has 1 amide bonds. The molecule has 0 spiro atoms. The van der Waals surface area contributed by atoms with Crippen molar-refractivity contribution in [1.82, 2.24) is 15.1 Å². The molecule has 2 saturated heterocycles. The molecule has 7 nitrogen and oxygen atoms in total. The minimum Gasteiger partial charge on any atom is -0.496 e. The van der Waals surface area contributed by atoms with Gasteiger partial charge in [0, 0.05) is 25.1 Å². The van der Waals surface area contributed by atoms with E-state index in [-0.39, 0.29) is 19.5 Å². The Morgan fingerprint density at radius 3 is 2.31 bits per heavy atom. The first-order chi connectivity index (χ1) is 23.3. The molecule has 266 valence electrons. The quantitative estimate of drug-likeness (QED) is 0.211. The van der Waals surface area contributed by atoms with Gasteiger partial charge in [-0.3, -0.25) is 9.69 Å². The summed E-state index contributed by atoms with van der Waals surface area (Å²) in [6.45, 7) is 0.408. The number of methoxy groups -OCH3 is 1. The Morgan fingerprint density at radius 2 is 1.65 bits per heavy atom. The summed E-state index contributed by atoms with van der Waals surface area (Å²) in [5.74, 6) is -2.36. The van der Waals surface area contributed by atoms with Gasteiger partial charge < -0.3 is 20.1 Å². The summed E-state index contributed by atoms with van der Waals surface area (Å²) in [5.41, 5.74) is 0.209. The van der Waals surface area contributed by atoms with E-state index in [9.17, 15) is 41.0 Å². The van der Waals surface area contributed by atoms with Crippen LogP contribution in [0, 0.1) is 5.41 Å². The van der Waals surface area contributed by atoms with Crippen molar-refractivity contribution in [2.45, 2.75) is 63.3 Å². The van der Waals surface area contributed by atoms with E-state index in [4.69, 9.17) is 4.74 Å². The molecule has 0 radical (unpaired) electrons. The predicted octanol–water partition coefficient (Wildman–Crippen LogP) is 6.51. The molecule has 49 heavy (non-hydrogen) atoms. The second-order valence-electron chi connectivity index (χ2n) is 12.9. The van der Waals surface area contributed by atoms with E-state index in [0.29, 0.717) is 42.6 Å². The van der Waals surface area contributed by atoms with Crippen LogP contribution in [0.3, 0.4) is 0 Å². The second kappa shape index (κ2) is 15.4. The molecule has 2 aliphatic rings. The number of amides is 1. The molecule has 0 unspecified atom stereocenters. The van der Waals surface area contributed by atoms with Gasteiger partial charge in [-0.1, -0.05) is 48.5 Å². The predicted molar refractivity (Wildman–Crippen MR) is 174 cm³/mol. The van der Waals surface area contributed by atoms with Gasteiger partial charge in [-0.25, -0.2) is 18.0 Å². The number of piperidine rings is 2. The van der Waals surface area contributed by atoms with Gasteiger partial charge in [0.15, 0.2) is 0 Å². The van der Waals surface area contributed by atoms with Gasteiger partial charge in [0.2, 0.25) is 5.91 Å². The van der Waals surface area contributed by atoms with Crippen LogP contribution in [0.5, 0.6) is 5.75 Å². The molecule has 2 atom stereocenters. The molecular weight excluding hydrogens is 652 g/mol. The zero-order valence-electron chi connectivity index (χ0n) is 27.2. The Labute approximate surface area is 281 Å². The number of carbonyl (C=O) groups excluding carboxylic acids is 1. The Hall–Kier alpha value is -3.84. The first-order valence-corrected chi connectivity index (χ1v) is 16.5. The van der Waals surface area contributed by atoms with E-state index in [2.05, 4.69) is 10.2 Å². The summed E-state index contributed by atoms with van der Waals surface area (Å²) in [6, 6.07) is 14.8. The first-order valence-electron chi connectivity index (χ1n) is 16.5. The lowest BCUT2D eigenvalue weighted by molar-refractivity contribution is -0.233. The fourth-order valence-electron chi connectivity index (χ4n) is 7.18. The Morgan fingerprint density at radius 1 is 0.980 bits per heavy atom. The zero-order chi connectivity index (χ0) is 35.3. The van der Waals surface area contributed by atoms with Crippen molar-refractivity contribution in [2.24, 2.45) is 5.41 Å². The lowest BCUT2D eigenvalue weighted by Crippen LogP contribution is -2.59. The molecule has 2 aliphatic heterocycles. The molecule has 0 bridgehead atoms. The first kappa shape index (κ1) is 36.4. The van der Waals surface area contributed by atoms with Crippen LogP contribution in [0.15, 0.2) is 54.6 Å². The van der Waals surface area contributed by atoms with E-state index >= 15 is 0 Å². The van der Waals surface area contributed by atoms with Crippen LogP contribution in [0.25, 0.3) is 21.9 Å². The summed E-state index contributed by atoms with van der Waals surface area (Å²) in [6.07, 6.45) is -8.42. The van der Waals surface area contributed by atoms with E-state index in [1.807, 2.05) is 30.3 Å². The number of rotatable bonds is 12. The maximum absolute atomic E-state index is 14.4. The molecule has 5 rings (SSSR count). The van der Waals surface area contributed by atoms with Crippen LogP contribution < -0.4 is 10.1 Å². The Kier molecular flexibility index (Phi) is 11.4. The summed E-state index contributed by atoms with van der Waals surface area (Å²) < 4.78 is 88.7. The Balaban J connectivity index is 1.43. The van der Waals surface area contributed by atoms with E-state index < -0.39 is 61.5 Å². The van der Waals surface area contributed by atoms with Crippen LogP contribution in [-0.2, 0) is 22.4 Å². The maximum Gasteiger partial charge on any atom is 0.403 e. The van der Waals surface area contributed by atoms with Gasteiger partial charge in [-0.15, -0.1) is 0 Å². The van der Waals surface area contributed by atoms with Crippen LogP contribution in [-0.4, -0.2) is 98.0 Å². The van der Waals surface area contributed by atoms with E-state index in [1.165, 1.54) is 4.90 Å². The topological polar surface area (TPSA) is 82.1 Å². The van der Waals surface area contributed by atoms with Gasteiger partial charge >= 0.3 is 12.1 Å². The SMILES string of the molecule is COc1cccc(CCN2CCC[C@H](F)C2)c1-c1cccc2c(C[C@H](NC(=O)C3(C(F)(F)F)CCN(CC(F)F)CC3)C(=O)O)cccc12. The molecule has 0 saturated carbocycles. The number of hydrogen-bond donors (Lipinski definition) is 2. The third kappa shape index (κ3) is 8.15. The molecule has 3 aromatic rings. The third-order valence-electron chi connectivity index (χ3n) is 9.87. The lowest BCUT2D eigenvalue weighted by atomic mass is 9.76. The summed E-state index contributed by atoms with van der Waals surface area (Å²) in [7, 11) is 1.56. The highest BCUT2D eigenvalue weighted by Gasteiger charge is 2.61. The van der Waals surface area contributed by atoms with Crippen molar-refractivity contribution in [1.29, 1.82) is 0 Å². The van der Waals surface area contributed by atoms with Gasteiger partial charge in [0.25, 0.3) is 6.43 Å². The summed E-state index contributed by atoms with van der Waals surface area (Å²) in [5, 5.41) is 13.6.